The van der Waals surface area contributed by atoms with Crippen molar-refractivity contribution in [2.75, 3.05) is 13.1 Å². The minimum atomic E-state index is 0.0749. The zero-order chi connectivity index (χ0) is 40.9. The lowest BCUT2D eigenvalue weighted by atomic mass is 9.92. The minimum Gasteiger partial charge on any atom is -0.357 e. The highest BCUT2D eigenvalue weighted by Crippen LogP contribution is 2.41. The van der Waals surface area contributed by atoms with Gasteiger partial charge in [0.25, 0.3) is 0 Å². The molecule has 0 spiro atoms. The van der Waals surface area contributed by atoms with Crippen LogP contribution in [0.3, 0.4) is 0 Å². The van der Waals surface area contributed by atoms with E-state index < -0.39 is 0 Å². The maximum Gasteiger partial charge on any atom is 0.138 e. The molecule has 0 amide bonds. The third kappa shape index (κ3) is 13.0. The van der Waals surface area contributed by atoms with Crippen LogP contribution in [-0.4, -0.2) is 74.2 Å². The Morgan fingerprint density at radius 2 is 1.06 bits per heavy atom. The molecule has 3 aromatic heterocycles. The van der Waals surface area contributed by atoms with Crippen molar-refractivity contribution in [3.05, 3.63) is 35.4 Å². The summed E-state index contributed by atoms with van der Waals surface area (Å²) in [6.07, 6.45) is 5.58. The van der Waals surface area contributed by atoms with Crippen molar-refractivity contribution in [1.82, 2.24) is 49.2 Å². The van der Waals surface area contributed by atoms with E-state index >= 15 is 0 Å². The fourth-order valence-electron chi connectivity index (χ4n) is 6.39. The van der Waals surface area contributed by atoms with Gasteiger partial charge in [0.15, 0.2) is 0 Å². The predicted octanol–water partition coefficient (Wildman–Crippen LogP) is 10.2. The van der Waals surface area contributed by atoms with E-state index in [1.54, 1.807) is 6.33 Å². The van der Waals surface area contributed by atoms with E-state index in [0.717, 1.165) is 29.8 Å². The molecule has 0 aromatic carbocycles. The van der Waals surface area contributed by atoms with E-state index in [9.17, 15) is 0 Å². The van der Waals surface area contributed by atoms with Gasteiger partial charge in [-0.3, -0.25) is 4.99 Å². The van der Waals surface area contributed by atoms with Crippen LogP contribution in [0, 0.1) is 12.3 Å². The molecule has 11 nitrogen and oxygen atoms in total. The lowest BCUT2D eigenvalue weighted by Gasteiger charge is -2.39. The summed E-state index contributed by atoms with van der Waals surface area (Å²) in [6.45, 7) is 48.0. The predicted molar refractivity (Wildman–Crippen MR) is 222 cm³/mol. The maximum atomic E-state index is 4.65. The van der Waals surface area contributed by atoms with Gasteiger partial charge in [0.05, 0.1) is 0 Å². The quantitative estimate of drug-likeness (QED) is 0.256. The van der Waals surface area contributed by atoms with Gasteiger partial charge in [0.1, 0.15) is 41.3 Å². The van der Waals surface area contributed by atoms with Gasteiger partial charge in [-0.15, -0.1) is 30.6 Å². The standard InChI is InChI=1S/C12H21N3.C11H22N2.C10H19N3.C9H17N3/c1-8(2)15-10(9-6-7-9)13-14-11(15)12(3,4)5;1-9(2)13-8-6-7-12-10(13)11(3,4)5;1-7(2)13-8(3)11-12-9(13)10(4,5)6;1-7(2)12-6-10-11-8(12)9(3,4)5/h8-9H,6-7H2,1-5H3;9H,6-8H2,1-5H3;7H,1-6H3;6-7H,1-5H3. The van der Waals surface area contributed by atoms with Gasteiger partial charge < -0.3 is 18.6 Å². The highest BCUT2D eigenvalue weighted by atomic mass is 15.3. The van der Waals surface area contributed by atoms with Gasteiger partial charge in [-0.2, -0.15) is 0 Å². The number of aliphatic imine (C=N–C) groups is 1. The molecule has 0 radical (unpaired) electrons. The van der Waals surface area contributed by atoms with Crippen molar-refractivity contribution in [1.29, 1.82) is 0 Å². The molecule has 1 fully saturated rings. The maximum absolute atomic E-state index is 4.65. The Labute approximate surface area is 324 Å². The first-order valence-corrected chi connectivity index (χ1v) is 20.2. The van der Waals surface area contributed by atoms with Crippen LogP contribution in [0.15, 0.2) is 11.3 Å². The summed E-state index contributed by atoms with van der Waals surface area (Å²) < 4.78 is 6.64. The fourth-order valence-corrected chi connectivity index (χ4v) is 6.39. The van der Waals surface area contributed by atoms with Crippen molar-refractivity contribution in [3.63, 3.8) is 0 Å². The normalized spacial score (nSPS) is 15.6. The van der Waals surface area contributed by atoms with Crippen LogP contribution in [-0.2, 0) is 16.2 Å². The number of aromatic nitrogens is 9. The van der Waals surface area contributed by atoms with Crippen LogP contribution in [0.4, 0.5) is 0 Å². The van der Waals surface area contributed by atoms with Crippen LogP contribution < -0.4 is 0 Å². The second-order valence-corrected chi connectivity index (χ2v) is 20.2. The van der Waals surface area contributed by atoms with Crippen LogP contribution >= 0.6 is 0 Å². The van der Waals surface area contributed by atoms with Gasteiger partial charge in [-0.05, 0) is 81.6 Å². The molecule has 2 aliphatic rings. The van der Waals surface area contributed by atoms with Gasteiger partial charge in [0.2, 0.25) is 0 Å². The first kappa shape index (κ1) is 46.0. The third-order valence-electron chi connectivity index (χ3n) is 9.09. The SMILES string of the molecule is CC(C)N1CCCN=C1C(C)(C)C.CC(C)n1c(C2CC2)nnc1C(C)(C)C.CC(C)n1cnnc1C(C)(C)C.Cc1nnc(C(C)(C)C)n1C(C)C. The van der Waals surface area contributed by atoms with Crippen molar-refractivity contribution < 1.29 is 0 Å². The van der Waals surface area contributed by atoms with Gasteiger partial charge >= 0.3 is 0 Å². The molecule has 4 heterocycles. The molecule has 1 aliphatic heterocycles. The Morgan fingerprint density at radius 3 is 1.42 bits per heavy atom. The number of amidine groups is 1. The second kappa shape index (κ2) is 18.0. The second-order valence-electron chi connectivity index (χ2n) is 20.2. The van der Waals surface area contributed by atoms with Gasteiger partial charge in [-0.25, -0.2) is 0 Å². The minimum absolute atomic E-state index is 0.0749. The average molecular weight is 738 g/mol. The van der Waals surface area contributed by atoms with Crippen molar-refractivity contribution in [3.8, 4) is 0 Å². The van der Waals surface area contributed by atoms with Crippen molar-refractivity contribution >= 4 is 5.84 Å². The molecule has 0 N–H and O–H groups in total. The Morgan fingerprint density at radius 1 is 0.566 bits per heavy atom. The molecule has 3 aromatic rings. The van der Waals surface area contributed by atoms with Crippen LogP contribution in [0.5, 0.6) is 0 Å². The molecule has 0 bridgehead atoms. The molecular formula is C42H79N11. The molecule has 11 heteroatoms. The largest absolute Gasteiger partial charge is 0.357 e. The Kier molecular flexibility index (Phi) is 15.7. The molecule has 1 aliphatic carbocycles. The van der Waals surface area contributed by atoms with Gasteiger partial charge in [-0.1, -0.05) is 83.1 Å². The highest BCUT2D eigenvalue weighted by Gasteiger charge is 2.34. The van der Waals surface area contributed by atoms with Crippen LogP contribution in [0.2, 0.25) is 0 Å². The molecule has 302 valence electrons. The zero-order valence-corrected chi connectivity index (χ0v) is 37.9. The summed E-state index contributed by atoms with van der Waals surface area (Å²) in [5, 5.41) is 25.1. The smallest absolute Gasteiger partial charge is 0.138 e. The molecule has 0 unspecified atom stereocenters. The van der Waals surface area contributed by atoms with E-state index in [2.05, 4.69) is 193 Å². The number of hydrogen-bond donors (Lipinski definition) is 0. The van der Waals surface area contributed by atoms with E-state index in [1.807, 2.05) is 6.92 Å². The monoisotopic (exact) mass is 738 g/mol. The van der Waals surface area contributed by atoms with E-state index in [1.165, 1.54) is 37.5 Å². The third-order valence-corrected chi connectivity index (χ3v) is 9.09. The number of nitrogens with zero attached hydrogens (tertiary/aromatic N) is 11. The first-order chi connectivity index (χ1) is 24.1. The Bertz CT molecular complexity index is 1570. The number of hydrogen-bond acceptors (Lipinski definition) is 8. The highest BCUT2D eigenvalue weighted by molar-refractivity contribution is 5.87. The molecular weight excluding hydrogens is 659 g/mol. The summed E-state index contributed by atoms with van der Waals surface area (Å²) in [5.74, 6) is 7.41. The summed E-state index contributed by atoms with van der Waals surface area (Å²) >= 11 is 0. The average Bonchev–Trinajstić information content (AvgIpc) is 3.39. The van der Waals surface area contributed by atoms with Crippen LogP contribution in [0.25, 0.3) is 0 Å². The van der Waals surface area contributed by atoms with E-state index in [0.29, 0.717) is 30.1 Å². The summed E-state index contributed by atoms with van der Waals surface area (Å²) in [4.78, 5) is 7.08. The number of rotatable bonds is 5. The van der Waals surface area contributed by atoms with Gasteiger partial charge in [0, 0.05) is 64.8 Å². The summed E-state index contributed by atoms with van der Waals surface area (Å²) in [5.41, 5.74) is 0.446. The van der Waals surface area contributed by atoms with Crippen molar-refractivity contribution in [2.24, 2.45) is 10.4 Å². The fraction of sp³-hybridized carbons (Fsp3) is 0.833. The first-order valence-electron chi connectivity index (χ1n) is 20.2. The van der Waals surface area contributed by atoms with E-state index in [-0.39, 0.29) is 21.7 Å². The van der Waals surface area contributed by atoms with E-state index in [4.69, 9.17) is 0 Å². The topological polar surface area (TPSA) is 108 Å². The molecule has 0 saturated heterocycles. The molecule has 5 rings (SSSR count). The number of aryl methyl sites for hydroxylation is 1. The lowest BCUT2D eigenvalue weighted by Crippen LogP contribution is -2.46. The molecule has 53 heavy (non-hydrogen) atoms. The zero-order valence-electron chi connectivity index (χ0n) is 37.9. The lowest BCUT2D eigenvalue weighted by molar-refractivity contribution is 0.297. The molecule has 0 atom stereocenters. The Hall–Kier alpha value is -3.11. The summed E-state index contributed by atoms with van der Waals surface area (Å²) in [6, 6.07) is 1.92. The van der Waals surface area contributed by atoms with Crippen LogP contribution in [0.1, 0.15) is 211 Å². The Balaban J connectivity index is 0.000000245. The summed E-state index contributed by atoms with van der Waals surface area (Å²) in [7, 11) is 0. The molecule has 1 saturated carbocycles. The van der Waals surface area contributed by atoms with Crippen molar-refractivity contribution in [2.45, 2.75) is 211 Å².